The summed E-state index contributed by atoms with van der Waals surface area (Å²) in [5.74, 6) is 0.420. The number of carbonyl (C=O) groups excluding carboxylic acids is 2. The normalized spacial score (nSPS) is 22.2. The van der Waals surface area contributed by atoms with Crippen LogP contribution in [0.4, 0.5) is 0 Å². The van der Waals surface area contributed by atoms with Gasteiger partial charge in [0.15, 0.2) is 16.6 Å². The van der Waals surface area contributed by atoms with E-state index in [0.29, 0.717) is 18.6 Å². The fraction of sp³-hybridized carbons (Fsp3) is 0.871. The first-order valence-corrected chi connectivity index (χ1v) is 21.5. The van der Waals surface area contributed by atoms with E-state index in [1.54, 1.807) is 0 Å². The lowest BCUT2D eigenvalue weighted by Gasteiger charge is -2.36. The molecule has 0 heterocycles. The van der Waals surface area contributed by atoms with Gasteiger partial charge in [0, 0.05) is 24.7 Å². The van der Waals surface area contributed by atoms with E-state index in [1.807, 2.05) is 0 Å². The van der Waals surface area contributed by atoms with Gasteiger partial charge in [0.05, 0.1) is 18.8 Å². The molecule has 1 saturated carbocycles. The van der Waals surface area contributed by atoms with Crippen molar-refractivity contribution in [2.75, 3.05) is 7.11 Å². The molecule has 1 aliphatic carbocycles. The molecule has 0 bridgehead atoms. The van der Waals surface area contributed by atoms with Crippen LogP contribution in [-0.4, -0.2) is 47.2 Å². The van der Waals surface area contributed by atoms with Crippen LogP contribution < -0.4 is 0 Å². The molecule has 7 heteroatoms. The summed E-state index contributed by atoms with van der Waals surface area (Å²) in [6.07, 6.45) is 14.8. The maximum absolute atomic E-state index is 13.3. The van der Waals surface area contributed by atoms with Gasteiger partial charge < -0.3 is 13.6 Å². The first-order valence-electron chi connectivity index (χ1n) is 15.5. The van der Waals surface area contributed by atoms with Gasteiger partial charge in [-0.15, -0.1) is 0 Å². The smallest absolute Gasteiger partial charge is 0.305 e. The number of carbonyl (C=O) groups is 2. The molecule has 1 rings (SSSR count). The molecule has 38 heavy (non-hydrogen) atoms. The molecular formula is C31H60O5Si2. The van der Waals surface area contributed by atoms with Gasteiger partial charge in [0.2, 0.25) is 0 Å². The SMILES string of the molecule is CCCCC(C)(C/C=C/[C@@H]1C(CCCCCCC(=O)OC)C(=O)C[C@H]1O[Si](CC)(CC)CC)O[Si](C)(C)C. The Morgan fingerprint density at radius 3 is 2.18 bits per heavy atom. The first-order chi connectivity index (χ1) is 17.9. The molecule has 0 aromatic heterocycles. The van der Waals surface area contributed by atoms with E-state index in [4.69, 9.17) is 13.6 Å². The molecular weight excluding hydrogens is 509 g/mol. The number of rotatable bonds is 20. The average Bonchev–Trinajstić information content (AvgIpc) is 3.15. The van der Waals surface area contributed by atoms with Crippen LogP contribution in [-0.2, 0) is 23.2 Å². The van der Waals surface area contributed by atoms with Crippen LogP contribution in [0.1, 0.15) is 105 Å². The Hall–Kier alpha value is -0.766. The zero-order valence-corrected chi connectivity index (χ0v) is 28.3. The lowest BCUT2D eigenvalue weighted by atomic mass is 9.87. The van der Waals surface area contributed by atoms with Gasteiger partial charge in [-0.3, -0.25) is 9.59 Å². The van der Waals surface area contributed by atoms with E-state index in [0.717, 1.165) is 63.1 Å². The molecule has 0 saturated heterocycles. The summed E-state index contributed by atoms with van der Waals surface area (Å²) in [6.45, 7) is 18.1. The summed E-state index contributed by atoms with van der Waals surface area (Å²) < 4.78 is 18.4. The monoisotopic (exact) mass is 568 g/mol. The lowest BCUT2D eigenvalue weighted by Crippen LogP contribution is -2.41. The minimum Gasteiger partial charge on any atom is -0.469 e. The Balaban J connectivity index is 3.01. The van der Waals surface area contributed by atoms with Crippen molar-refractivity contribution in [3.05, 3.63) is 12.2 Å². The minimum absolute atomic E-state index is 0.00870. The second kappa shape index (κ2) is 17.1. The Bertz CT molecular complexity index is 720. The molecule has 1 fully saturated rings. The Morgan fingerprint density at radius 2 is 1.63 bits per heavy atom. The minimum atomic E-state index is -1.82. The molecule has 0 aromatic carbocycles. The predicted octanol–water partition coefficient (Wildman–Crippen LogP) is 8.84. The van der Waals surface area contributed by atoms with Crippen molar-refractivity contribution >= 4 is 28.4 Å². The third-order valence-electron chi connectivity index (χ3n) is 8.44. The van der Waals surface area contributed by atoms with Gasteiger partial charge >= 0.3 is 5.97 Å². The number of ketones is 1. The second-order valence-electron chi connectivity index (χ2n) is 12.7. The van der Waals surface area contributed by atoms with Gasteiger partial charge in [0.1, 0.15) is 5.78 Å². The Labute approximate surface area is 237 Å². The third-order valence-corrected chi connectivity index (χ3v) is 14.2. The summed E-state index contributed by atoms with van der Waals surface area (Å²) in [4.78, 5) is 24.7. The number of Topliss-reactive ketones (excluding diaryl/α,β-unsaturated/α-hetero) is 1. The molecule has 5 nitrogen and oxygen atoms in total. The molecule has 1 aliphatic rings. The summed E-state index contributed by atoms with van der Waals surface area (Å²) in [5.41, 5.74) is -0.153. The summed E-state index contributed by atoms with van der Waals surface area (Å²) in [6, 6.07) is 3.31. The van der Waals surface area contributed by atoms with Crippen LogP contribution in [0, 0.1) is 11.8 Å². The van der Waals surface area contributed by atoms with Gasteiger partial charge in [-0.05, 0) is 70.4 Å². The van der Waals surface area contributed by atoms with Crippen molar-refractivity contribution in [1.29, 1.82) is 0 Å². The number of hydrogen-bond acceptors (Lipinski definition) is 5. The highest BCUT2D eigenvalue weighted by Crippen LogP contribution is 2.40. The molecule has 2 unspecified atom stereocenters. The van der Waals surface area contributed by atoms with Crippen LogP contribution in [0.2, 0.25) is 37.8 Å². The van der Waals surface area contributed by atoms with E-state index in [9.17, 15) is 9.59 Å². The van der Waals surface area contributed by atoms with Crippen LogP contribution in [0.25, 0.3) is 0 Å². The van der Waals surface area contributed by atoms with Crippen LogP contribution in [0.5, 0.6) is 0 Å². The molecule has 0 aliphatic heterocycles. The van der Waals surface area contributed by atoms with Gasteiger partial charge in [-0.1, -0.05) is 72.0 Å². The first kappa shape index (κ1) is 35.3. The maximum atomic E-state index is 13.3. The number of esters is 1. The van der Waals surface area contributed by atoms with Crippen LogP contribution in [0.3, 0.4) is 0 Å². The van der Waals surface area contributed by atoms with E-state index >= 15 is 0 Å². The predicted molar refractivity (Wildman–Crippen MR) is 165 cm³/mol. The fourth-order valence-electron chi connectivity index (χ4n) is 6.06. The van der Waals surface area contributed by atoms with E-state index in [1.165, 1.54) is 20.0 Å². The summed E-state index contributed by atoms with van der Waals surface area (Å²) >= 11 is 0. The molecule has 0 aromatic rings. The van der Waals surface area contributed by atoms with E-state index in [-0.39, 0.29) is 29.5 Å². The van der Waals surface area contributed by atoms with Crippen molar-refractivity contribution in [2.45, 2.75) is 155 Å². The van der Waals surface area contributed by atoms with Gasteiger partial charge in [-0.2, -0.15) is 0 Å². The molecule has 4 atom stereocenters. The summed E-state index contributed by atoms with van der Waals surface area (Å²) in [7, 11) is -2.06. The average molecular weight is 569 g/mol. The second-order valence-corrected chi connectivity index (χ2v) is 21.8. The van der Waals surface area contributed by atoms with E-state index < -0.39 is 16.6 Å². The molecule has 0 radical (unpaired) electrons. The van der Waals surface area contributed by atoms with Crippen LogP contribution in [0.15, 0.2) is 12.2 Å². The highest BCUT2D eigenvalue weighted by atomic mass is 28.4. The highest BCUT2D eigenvalue weighted by molar-refractivity contribution is 6.73. The summed E-state index contributed by atoms with van der Waals surface area (Å²) in [5, 5.41) is 0. The number of ether oxygens (including phenoxy) is 1. The largest absolute Gasteiger partial charge is 0.469 e. The molecule has 0 amide bonds. The number of unbranched alkanes of at least 4 members (excludes halogenated alkanes) is 4. The zero-order valence-electron chi connectivity index (χ0n) is 26.3. The quantitative estimate of drug-likeness (QED) is 0.0635. The van der Waals surface area contributed by atoms with Crippen molar-refractivity contribution < 1.29 is 23.2 Å². The topological polar surface area (TPSA) is 61.8 Å². The molecule has 0 N–H and O–H groups in total. The fourth-order valence-corrected chi connectivity index (χ4v) is 10.6. The van der Waals surface area contributed by atoms with Crippen molar-refractivity contribution in [2.24, 2.45) is 11.8 Å². The number of hydrogen-bond donors (Lipinski definition) is 0. The van der Waals surface area contributed by atoms with Crippen molar-refractivity contribution in [3.8, 4) is 0 Å². The van der Waals surface area contributed by atoms with Crippen molar-refractivity contribution in [3.63, 3.8) is 0 Å². The number of methoxy groups -OCH3 is 1. The highest BCUT2D eigenvalue weighted by Gasteiger charge is 2.45. The van der Waals surface area contributed by atoms with E-state index in [2.05, 4.69) is 66.4 Å². The molecule has 0 spiro atoms. The van der Waals surface area contributed by atoms with Gasteiger partial charge in [-0.25, -0.2) is 0 Å². The zero-order chi connectivity index (χ0) is 28.8. The Morgan fingerprint density at radius 1 is 1.00 bits per heavy atom. The third kappa shape index (κ3) is 12.2. The maximum Gasteiger partial charge on any atom is 0.305 e. The van der Waals surface area contributed by atoms with Crippen LogP contribution >= 0.6 is 0 Å². The lowest BCUT2D eigenvalue weighted by molar-refractivity contribution is -0.140. The van der Waals surface area contributed by atoms with Crippen molar-refractivity contribution in [1.82, 2.24) is 0 Å². The standard InChI is InChI=1S/C31H60O5Si2/c1-10-14-23-31(5,36-37(7,8)9)24-19-21-27-26(20-17-15-16-18-22-30(33)34-6)28(32)25-29(27)35-38(11-2,12-3)13-4/h19,21,26-27,29H,10-18,20,22-25H2,1-9H3/b21-19+/t26?,27-,29-,31?/m1/s1. The Kier molecular flexibility index (Phi) is 15.9. The van der Waals surface area contributed by atoms with Gasteiger partial charge in [0.25, 0.3) is 0 Å². The molecule has 222 valence electrons.